The van der Waals surface area contributed by atoms with Crippen molar-refractivity contribution in [2.24, 2.45) is 0 Å². The van der Waals surface area contributed by atoms with Crippen LogP contribution in [0.25, 0.3) is 32.7 Å². The Hall–Kier alpha value is -3.45. The number of fused-ring (bicyclic) bond motifs is 2. The molecule has 4 aromatic rings. The molecule has 4 aromatic carbocycles. The molecular weight excluding hydrogens is 713 g/mol. The molecule has 0 saturated heterocycles. The molecule has 54 heavy (non-hydrogen) atoms. The summed E-state index contributed by atoms with van der Waals surface area (Å²) in [7, 11) is 6.12. The molecule has 0 amide bonds. The van der Waals surface area contributed by atoms with Gasteiger partial charge in [0, 0.05) is 59.1 Å². The van der Waals surface area contributed by atoms with Crippen LogP contribution >= 0.6 is 0 Å². The number of ether oxygens (including phenoxy) is 6. The van der Waals surface area contributed by atoms with Crippen LogP contribution < -0.4 is 28.4 Å². The summed E-state index contributed by atoms with van der Waals surface area (Å²) >= 11 is 0. The molecule has 0 aliphatic rings. The van der Waals surface area contributed by atoms with Crippen LogP contribution in [-0.2, 0) is 21.7 Å². The Labute approximate surface area is 327 Å². The molecule has 0 aliphatic heterocycles. The van der Waals surface area contributed by atoms with Crippen molar-refractivity contribution in [2.75, 3.05) is 42.7 Å². The van der Waals surface area contributed by atoms with E-state index in [2.05, 4.69) is 106 Å². The van der Waals surface area contributed by atoms with Gasteiger partial charge in [0.25, 0.3) is 0 Å². The summed E-state index contributed by atoms with van der Waals surface area (Å²) in [5.74, 6) is 4.21. The number of methoxy groups -OCH3 is 6. The minimum Gasteiger partial charge on any atom is -0.496 e. The van der Waals surface area contributed by atoms with Gasteiger partial charge in [-0.15, -0.1) is 0 Å². The van der Waals surface area contributed by atoms with Crippen LogP contribution in [0.5, 0.6) is 34.5 Å². The molecule has 0 aliphatic carbocycles. The Morgan fingerprint density at radius 1 is 0.426 bits per heavy atom. The first-order chi connectivity index (χ1) is 25.1. The summed E-state index contributed by atoms with van der Waals surface area (Å²) in [6.07, 6.45) is 1.27. The van der Waals surface area contributed by atoms with E-state index in [1.165, 1.54) is 0 Å². The van der Waals surface area contributed by atoms with Gasteiger partial charge in [-0.05, 0) is 96.3 Å². The monoisotopic (exact) mass is 778 g/mol. The fourth-order valence-corrected chi connectivity index (χ4v) is 9.70. The van der Waals surface area contributed by atoms with Crippen LogP contribution in [-0.4, -0.2) is 71.5 Å². The summed E-state index contributed by atoms with van der Waals surface area (Å²) in [6.45, 7) is 27.1. The van der Waals surface area contributed by atoms with E-state index >= 15 is 0 Å². The highest BCUT2D eigenvalue weighted by molar-refractivity contribution is 6.74. The maximum atomic E-state index is 6.84. The second kappa shape index (κ2) is 16.3. The Morgan fingerprint density at radius 2 is 0.722 bits per heavy atom. The van der Waals surface area contributed by atoms with E-state index in [9.17, 15) is 0 Å². The van der Waals surface area contributed by atoms with E-state index < -0.39 is 16.6 Å². The van der Waals surface area contributed by atoms with E-state index in [4.69, 9.17) is 37.3 Å². The van der Waals surface area contributed by atoms with Crippen molar-refractivity contribution < 1.29 is 37.3 Å². The molecule has 0 unspecified atom stereocenters. The van der Waals surface area contributed by atoms with Crippen molar-refractivity contribution in [1.29, 1.82) is 0 Å². The van der Waals surface area contributed by atoms with E-state index in [1.54, 1.807) is 42.7 Å². The normalized spacial score (nSPS) is 13.9. The zero-order valence-electron chi connectivity index (χ0n) is 36.3. The summed E-state index contributed by atoms with van der Waals surface area (Å²) in [5.41, 5.74) is 3.81. The molecule has 8 nitrogen and oxygen atoms in total. The highest BCUT2D eigenvalue weighted by atomic mass is 28.4. The lowest BCUT2D eigenvalue weighted by molar-refractivity contribution is 0.198. The molecule has 0 fully saturated rings. The Bertz CT molecular complexity index is 1810. The van der Waals surface area contributed by atoms with Gasteiger partial charge in [0.15, 0.2) is 16.6 Å². The van der Waals surface area contributed by atoms with Gasteiger partial charge in [0.1, 0.15) is 34.5 Å². The Morgan fingerprint density at radius 3 is 0.981 bits per heavy atom. The van der Waals surface area contributed by atoms with E-state index in [1.807, 2.05) is 12.1 Å². The predicted octanol–water partition coefficient (Wildman–Crippen LogP) is 11.6. The lowest BCUT2D eigenvalue weighted by Gasteiger charge is -2.38. The van der Waals surface area contributed by atoms with E-state index in [0.717, 1.165) is 55.3 Å². The third-order valence-electron chi connectivity index (χ3n) is 11.7. The molecule has 4 rings (SSSR count). The minimum absolute atomic E-state index is 0.0323. The molecule has 0 bridgehead atoms. The van der Waals surface area contributed by atoms with E-state index in [-0.39, 0.29) is 22.3 Å². The molecular formula is C44H66O8Si2. The van der Waals surface area contributed by atoms with Crippen molar-refractivity contribution in [1.82, 2.24) is 0 Å². The first kappa shape index (κ1) is 43.3. The summed E-state index contributed by atoms with van der Waals surface area (Å²) in [5, 5.41) is 3.85. The quantitative estimate of drug-likeness (QED) is 0.110. The van der Waals surface area contributed by atoms with Gasteiger partial charge in [0.2, 0.25) is 0 Å². The highest BCUT2D eigenvalue weighted by Crippen LogP contribution is 2.52. The maximum Gasteiger partial charge on any atom is 0.192 e. The standard InChI is InChI=1S/C44H66O8Si2/c1-27(51-53(15,16)43(3,4)5)19-29-21-33-31(23-35(29)45-9)37(47-11)25-39(49-13)41(33)42-34-22-30(20-28(2)52-54(17,18)44(6,7)8)36(46-10)24-32(34)38(48-12)26-40(42)50-14/h21-28H,19-20H2,1-18H3/t27-,28-/m1/s1. The van der Waals surface area contributed by atoms with Gasteiger partial charge in [-0.2, -0.15) is 0 Å². The lowest BCUT2D eigenvalue weighted by Crippen LogP contribution is -2.43. The number of hydrogen-bond acceptors (Lipinski definition) is 8. The van der Waals surface area contributed by atoms with Gasteiger partial charge >= 0.3 is 0 Å². The van der Waals surface area contributed by atoms with Crippen LogP contribution in [0.1, 0.15) is 66.5 Å². The average molecular weight is 779 g/mol. The smallest absolute Gasteiger partial charge is 0.192 e. The van der Waals surface area contributed by atoms with Gasteiger partial charge in [-0.25, -0.2) is 0 Å². The Balaban J connectivity index is 2.07. The summed E-state index contributed by atoms with van der Waals surface area (Å²) in [4.78, 5) is 0. The van der Waals surface area contributed by atoms with Crippen LogP contribution in [0.3, 0.4) is 0 Å². The fourth-order valence-electron chi connectivity index (χ4n) is 6.81. The minimum atomic E-state index is -2.02. The molecule has 298 valence electrons. The number of hydrogen-bond donors (Lipinski definition) is 0. The van der Waals surface area contributed by atoms with Crippen LogP contribution in [0.15, 0.2) is 36.4 Å². The predicted molar refractivity (Wildman–Crippen MR) is 229 cm³/mol. The second-order valence-corrected chi connectivity index (χ2v) is 27.0. The van der Waals surface area contributed by atoms with Crippen molar-refractivity contribution in [3.05, 3.63) is 47.5 Å². The van der Waals surface area contributed by atoms with E-state index in [0.29, 0.717) is 35.8 Å². The molecule has 0 radical (unpaired) electrons. The zero-order valence-corrected chi connectivity index (χ0v) is 38.3. The molecule has 2 atom stereocenters. The third kappa shape index (κ3) is 8.67. The highest BCUT2D eigenvalue weighted by Gasteiger charge is 2.39. The second-order valence-electron chi connectivity index (χ2n) is 17.5. The molecule has 0 saturated carbocycles. The summed E-state index contributed by atoms with van der Waals surface area (Å²) < 4.78 is 50.1. The average Bonchev–Trinajstić information content (AvgIpc) is 3.08. The van der Waals surface area contributed by atoms with Crippen LogP contribution in [0.4, 0.5) is 0 Å². The molecule has 0 aromatic heterocycles. The molecule has 0 heterocycles. The largest absolute Gasteiger partial charge is 0.496 e. The summed E-state index contributed by atoms with van der Waals surface area (Å²) in [6, 6.07) is 12.4. The lowest BCUT2D eigenvalue weighted by atomic mass is 9.88. The van der Waals surface area contributed by atoms with Gasteiger partial charge in [-0.3, -0.25) is 0 Å². The first-order valence-electron chi connectivity index (χ1n) is 18.9. The maximum absolute atomic E-state index is 6.84. The van der Waals surface area contributed by atoms with Gasteiger partial charge in [0.05, 0.1) is 42.7 Å². The molecule has 0 spiro atoms. The first-order valence-corrected chi connectivity index (χ1v) is 24.8. The van der Waals surface area contributed by atoms with Crippen molar-refractivity contribution in [2.45, 2.75) is 117 Å². The molecule has 0 N–H and O–H groups in total. The fraction of sp³-hybridized carbons (Fsp3) is 0.545. The van der Waals surface area contributed by atoms with Gasteiger partial charge < -0.3 is 37.3 Å². The van der Waals surface area contributed by atoms with Crippen LogP contribution in [0.2, 0.25) is 36.3 Å². The number of benzene rings is 4. The van der Waals surface area contributed by atoms with Crippen molar-refractivity contribution in [3.8, 4) is 45.6 Å². The van der Waals surface area contributed by atoms with Gasteiger partial charge in [-0.1, -0.05) is 41.5 Å². The number of rotatable bonds is 15. The zero-order chi connectivity index (χ0) is 40.6. The third-order valence-corrected chi connectivity index (χ3v) is 20.9. The van der Waals surface area contributed by atoms with Crippen LogP contribution in [0, 0.1) is 0 Å². The topological polar surface area (TPSA) is 73.8 Å². The van der Waals surface area contributed by atoms with Crippen molar-refractivity contribution in [3.63, 3.8) is 0 Å². The Kier molecular flexibility index (Phi) is 13.1. The molecule has 10 heteroatoms. The SMILES string of the molecule is COc1cc2c(OC)cc(OC)c(-c3c(OC)cc(OC)c4cc(OC)c(C[C@@H](C)O[Si](C)(C)C(C)(C)C)cc34)c2cc1C[C@@H](C)O[Si](C)(C)C(C)(C)C. The van der Waals surface area contributed by atoms with Crippen molar-refractivity contribution >= 4 is 38.2 Å².